The lowest BCUT2D eigenvalue weighted by atomic mass is 10.2. The highest BCUT2D eigenvalue weighted by atomic mass is 16.6. The van der Waals surface area contributed by atoms with E-state index in [2.05, 4.69) is 0 Å². The Morgan fingerprint density at radius 3 is 2.16 bits per heavy atom. The highest BCUT2D eigenvalue weighted by molar-refractivity contribution is 5.85. The van der Waals surface area contributed by atoms with E-state index in [1.54, 1.807) is 0 Å². The normalized spacial score (nSPS) is 10.2. The molecule has 1 aromatic rings. The SMILES string of the molecule is CC(=O)Oc1ccc(/C=C\C(=O)O)cc1OC(C)=O. The van der Waals surface area contributed by atoms with Crippen molar-refractivity contribution in [1.29, 1.82) is 0 Å². The van der Waals surface area contributed by atoms with Crippen molar-refractivity contribution in [3.05, 3.63) is 29.8 Å². The number of benzene rings is 1. The fourth-order valence-electron chi connectivity index (χ4n) is 1.27. The molecule has 0 spiro atoms. The van der Waals surface area contributed by atoms with Gasteiger partial charge in [0.25, 0.3) is 0 Å². The number of carboxylic acid groups (broad SMARTS) is 1. The fourth-order valence-corrected chi connectivity index (χ4v) is 1.27. The van der Waals surface area contributed by atoms with Gasteiger partial charge < -0.3 is 14.6 Å². The van der Waals surface area contributed by atoms with Crippen LogP contribution in [0, 0.1) is 0 Å². The first kappa shape index (κ1) is 14.4. The molecule has 0 saturated carbocycles. The lowest BCUT2D eigenvalue weighted by Crippen LogP contribution is -2.07. The summed E-state index contributed by atoms with van der Waals surface area (Å²) >= 11 is 0. The Hall–Kier alpha value is -2.63. The third-order valence-corrected chi connectivity index (χ3v) is 1.89. The molecule has 0 aromatic heterocycles. The predicted octanol–water partition coefficient (Wildman–Crippen LogP) is 1.64. The monoisotopic (exact) mass is 264 g/mol. The van der Waals surface area contributed by atoms with Crippen LogP contribution in [-0.2, 0) is 14.4 Å². The molecule has 0 aliphatic carbocycles. The van der Waals surface area contributed by atoms with Gasteiger partial charge in [0.1, 0.15) is 0 Å². The Bertz CT molecular complexity index is 544. The first-order chi connectivity index (χ1) is 8.88. The number of carboxylic acids is 1. The minimum atomic E-state index is -1.10. The Morgan fingerprint density at radius 1 is 1.05 bits per heavy atom. The summed E-state index contributed by atoms with van der Waals surface area (Å²) in [6.07, 6.45) is 2.27. The van der Waals surface area contributed by atoms with Crippen molar-refractivity contribution in [1.82, 2.24) is 0 Å². The second-order valence-electron chi connectivity index (χ2n) is 3.57. The summed E-state index contributed by atoms with van der Waals surface area (Å²) in [5.74, 6) is -2.08. The number of carbonyl (C=O) groups is 3. The summed E-state index contributed by atoms with van der Waals surface area (Å²) in [6.45, 7) is 2.42. The molecular weight excluding hydrogens is 252 g/mol. The zero-order chi connectivity index (χ0) is 14.4. The molecule has 6 heteroatoms. The minimum absolute atomic E-state index is 0.0511. The third kappa shape index (κ3) is 5.03. The first-order valence-electron chi connectivity index (χ1n) is 5.30. The summed E-state index contributed by atoms with van der Waals surface area (Å²) in [4.78, 5) is 32.3. The lowest BCUT2D eigenvalue weighted by Gasteiger charge is -2.09. The fraction of sp³-hybridized carbons (Fsp3) is 0.154. The van der Waals surface area contributed by atoms with Gasteiger partial charge in [-0.25, -0.2) is 4.79 Å². The molecule has 0 aliphatic rings. The van der Waals surface area contributed by atoms with Crippen LogP contribution in [0.15, 0.2) is 24.3 Å². The molecule has 0 saturated heterocycles. The van der Waals surface area contributed by atoms with Crippen molar-refractivity contribution < 1.29 is 29.0 Å². The van der Waals surface area contributed by atoms with E-state index in [0.29, 0.717) is 5.56 Å². The van der Waals surface area contributed by atoms with Gasteiger partial charge in [-0.15, -0.1) is 0 Å². The average molecular weight is 264 g/mol. The van der Waals surface area contributed by atoms with Gasteiger partial charge in [0.15, 0.2) is 11.5 Å². The van der Waals surface area contributed by atoms with Crippen molar-refractivity contribution in [2.24, 2.45) is 0 Å². The second kappa shape index (κ2) is 6.34. The number of aliphatic carboxylic acids is 1. The topological polar surface area (TPSA) is 89.9 Å². The van der Waals surface area contributed by atoms with Crippen molar-refractivity contribution in [2.75, 3.05) is 0 Å². The van der Waals surface area contributed by atoms with Gasteiger partial charge in [0, 0.05) is 19.9 Å². The third-order valence-electron chi connectivity index (χ3n) is 1.89. The summed E-state index contributed by atoms with van der Waals surface area (Å²) in [5, 5.41) is 8.52. The Labute approximate surface area is 109 Å². The van der Waals surface area contributed by atoms with Crippen molar-refractivity contribution in [3.63, 3.8) is 0 Å². The summed E-state index contributed by atoms with van der Waals surface area (Å²) in [5.41, 5.74) is 0.495. The maximum Gasteiger partial charge on any atom is 0.328 e. The summed E-state index contributed by atoms with van der Waals surface area (Å²) in [7, 11) is 0. The van der Waals surface area contributed by atoms with Gasteiger partial charge in [-0.3, -0.25) is 9.59 Å². The van der Waals surface area contributed by atoms with Crippen LogP contribution < -0.4 is 9.47 Å². The maximum absolute atomic E-state index is 11.0. The van der Waals surface area contributed by atoms with Crippen LogP contribution in [-0.4, -0.2) is 23.0 Å². The van der Waals surface area contributed by atoms with Crippen molar-refractivity contribution in [3.8, 4) is 11.5 Å². The number of ether oxygens (including phenoxy) is 2. The molecule has 1 aromatic carbocycles. The molecular formula is C13H12O6. The van der Waals surface area contributed by atoms with Gasteiger partial charge in [-0.05, 0) is 23.8 Å². The quantitative estimate of drug-likeness (QED) is 0.505. The van der Waals surface area contributed by atoms with Gasteiger partial charge in [-0.2, -0.15) is 0 Å². The predicted molar refractivity (Wildman–Crippen MR) is 65.7 cm³/mol. The molecule has 0 amide bonds. The summed E-state index contributed by atoms with van der Waals surface area (Å²) in [6, 6.07) is 4.35. The van der Waals surface area contributed by atoms with E-state index in [4.69, 9.17) is 14.6 Å². The molecule has 6 nitrogen and oxygen atoms in total. The Kier molecular flexibility index (Phi) is 4.82. The number of carbonyl (C=O) groups excluding carboxylic acids is 2. The van der Waals surface area contributed by atoms with E-state index in [9.17, 15) is 14.4 Å². The molecule has 100 valence electrons. The van der Waals surface area contributed by atoms with E-state index in [0.717, 1.165) is 6.08 Å². The first-order valence-corrected chi connectivity index (χ1v) is 5.30. The Balaban J connectivity index is 3.10. The summed E-state index contributed by atoms with van der Waals surface area (Å²) < 4.78 is 9.77. The molecule has 0 atom stereocenters. The molecule has 19 heavy (non-hydrogen) atoms. The van der Waals surface area contributed by atoms with E-state index in [1.165, 1.54) is 38.1 Å². The van der Waals surface area contributed by atoms with Crippen LogP contribution >= 0.6 is 0 Å². The molecule has 0 heterocycles. The molecule has 0 radical (unpaired) electrons. The van der Waals surface area contributed by atoms with Crippen molar-refractivity contribution in [2.45, 2.75) is 13.8 Å². The van der Waals surface area contributed by atoms with E-state index in [-0.39, 0.29) is 11.5 Å². The highest BCUT2D eigenvalue weighted by Gasteiger charge is 2.10. The molecule has 0 unspecified atom stereocenters. The van der Waals surface area contributed by atoms with E-state index < -0.39 is 17.9 Å². The number of hydrogen-bond donors (Lipinski definition) is 1. The van der Waals surface area contributed by atoms with Crippen LogP contribution in [0.4, 0.5) is 0 Å². The van der Waals surface area contributed by atoms with Crippen LogP contribution in [0.3, 0.4) is 0 Å². The second-order valence-corrected chi connectivity index (χ2v) is 3.57. The van der Waals surface area contributed by atoms with Crippen LogP contribution in [0.2, 0.25) is 0 Å². The number of rotatable bonds is 4. The largest absolute Gasteiger partial charge is 0.478 e. The molecule has 0 fully saturated rings. The number of hydrogen-bond acceptors (Lipinski definition) is 5. The maximum atomic E-state index is 11.0. The van der Waals surface area contributed by atoms with Gasteiger partial charge >= 0.3 is 17.9 Å². The zero-order valence-electron chi connectivity index (χ0n) is 10.4. The smallest absolute Gasteiger partial charge is 0.328 e. The molecule has 1 rings (SSSR count). The van der Waals surface area contributed by atoms with Gasteiger partial charge in [0.2, 0.25) is 0 Å². The van der Waals surface area contributed by atoms with Gasteiger partial charge in [0.05, 0.1) is 0 Å². The molecule has 0 bridgehead atoms. The zero-order valence-corrected chi connectivity index (χ0v) is 10.4. The molecule has 1 N–H and O–H groups in total. The van der Waals surface area contributed by atoms with Crippen LogP contribution in [0.5, 0.6) is 11.5 Å². The van der Waals surface area contributed by atoms with Crippen LogP contribution in [0.25, 0.3) is 6.08 Å². The minimum Gasteiger partial charge on any atom is -0.478 e. The average Bonchev–Trinajstić information content (AvgIpc) is 2.28. The number of esters is 2. The van der Waals surface area contributed by atoms with Crippen molar-refractivity contribution >= 4 is 24.0 Å². The highest BCUT2D eigenvalue weighted by Crippen LogP contribution is 2.29. The lowest BCUT2D eigenvalue weighted by molar-refractivity contribution is -0.134. The van der Waals surface area contributed by atoms with Gasteiger partial charge in [-0.1, -0.05) is 6.07 Å². The Morgan fingerprint density at radius 2 is 1.63 bits per heavy atom. The van der Waals surface area contributed by atoms with E-state index in [1.807, 2.05) is 0 Å². The van der Waals surface area contributed by atoms with E-state index >= 15 is 0 Å². The standard InChI is InChI=1S/C13H12O6/c1-8(14)18-11-5-3-10(4-6-13(16)17)7-12(11)19-9(2)15/h3-7H,1-2H3,(H,16,17)/b6-4-. The van der Waals surface area contributed by atoms with Crippen LogP contribution in [0.1, 0.15) is 19.4 Å². The molecule has 0 aliphatic heterocycles.